The molecule has 1 aromatic carbocycles. The van der Waals surface area contributed by atoms with Crippen molar-refractivity contribution in [1.82, 2.24) is 0 Å². The van der Waals surface area contributed by atoms with Crippen molar-refractivity contribution in [1.29, 1.82) is 0 Å². The van der Waals surface area contributed by atoms with Crippen molar-refractivity contribution in [3.63, 3.8) is 0 Å². The van der Waals surface area contributed by atoms with Gasteiger partial charge < -0.3 is 19.3 Å². The molecule has 0 atom stereocenters. The molecule has 0 fully saturated rings. The van der Waals surface area contributed by atoms with Crippen molar-refractivity contribution in [2.24, 2.45) is 10.2 Å². The molecule has 0 radical (unpaired) electrons. The van der Waals surface area contributed by atoms with Gasteiger partial charge in [-0.3, -0.25) is 0 Å². The minimum atomic E-state index is -0.989. The number of azo groups is 1. The van der Waals surface area contributed by atoms with Gasteiger partial charge in [0.15, 0.2) is 5.76 Å². The summed E-state index contributed by atoms with van der Waals surface area (Å²) in [7, 11) is 0. The average molecular weight is 364 g/mol. The topological polar surface area (TPSA) is 107 Å². The summed E-state index contributed by atoms with van der Waals surface area (Å²) in [5.74, 6) is -1.41. The lowest BCUT2D eigenvalue weighted by atomic mass is 10.2. The summed E-state index contributed by atoms with van der Waals surface area (Å²) >= 11 is 0. The first-order valence-electron chi connectivity index (χ1n) is 8.08. The minimum Gasteiger partial charge on any atom is -0.507 e. The second kappa shape index (κ2) is 10.3. The summed E-state index contributed by atoms with van der Waals surface area (Å²) in [6.45, 7) is 6.60. The van der Waals surface area contributed by atoms with Crippen LogP contribution in [0.1, 0.15) is 33.3 Å². The number of hydrogen-bond acceptors (Lipinski definition) is 7. The van der Waals surface area contributed by atoms with E-state index in [1.165, 1.54) is 0 Å². The zero-order chi connectivity index (χ0) is 19.6. The summed E-state index contributed by atoms with van der Waals surface area (Å²) in [6.07, 6.45) is -0.989. The molecule has 0 unspecified atom stereocenters. The fourth-order valence-corrected chi connectivity index (χ4v) is 1.70. The van der Waals surface area contributed by atoms with Gasteiger partial charge in [-0.25, -0.2) is 9.59 Å². The average Bonchev–Trinajstić information content (AvgIpc) is 2.54. The molecule has 142 valence electrons. The van der Waals surface area contributed by atoms with Crippen LogP contribution >= 0.6 is 0 Å². The van der Waals surface area contributed by atoms with E-state index in [1.54, 1.807) is 27.7 Å². The molecule has 1 rings (SSSR count). The van der Waals surface area contributed by atoms with E-state index in [0.717, 1.165) is 5.56 Å². The van der Waals surface area contributed by atoms with Crippen molar-refractivity contribution in [3.8, 4) is 0 Å². The number of nitrogens with zero attached hydrogens (tertiary/aromatic N) is 2. The molecular formula is C18H24N2O6. The lowest BCUT2D eigenvalue weighted by molar-refractivity contribution is -0.138. The minimum absolute atomic E-state index is 0.0719. The van der Waals surface area contributed by atoms with E-state index in [1.807, 2.05) is 30.3 Å². The van der Waals surface area contributed by atoms with Crippen LogP contribution in [0.5, 0.6) is 0 Å². The summed E-state index contributed by atoms with van der Waals surface area (Å²) in [4.78, 5) is 23.5. The van der Waals surface area contributed by atoms with Gasteiger partial charge in [-0.15, -0.1) is 5.11 Å². The van der Waals surface area contributed by atoms with Gasteiger partial charge in [0.2, 0.25) is 5.70 Å². The Kier molecular flexibility index (Phi) is 8.44. The fourth-order valence-electron chi connectivity index (χ4n) is 1.70. The SMILES string of the molecule is CCOC(=O)/C(N=NC(=O)OC(C)(C)C)=C(/O)COCc1ccccc1. The maximum atomic E-state index is 11.9. The van der Waals surface area contributed by atoms with Gasteiger partial charge in [0.05, 0.1) is 13.2 Å². The molecule has 0 spiro atoms. The number of carbonyl (C=O) groups is 2. The third-order valence-electron chi connectivity index (χ3n) is 2.72. The highest BCUT2D eigenvalue weighted by Gasteiger charge is 2.20. The standard InChI is InChI=1S/C18H24N2O6/c1-5-25-16(22)15(19-20-17(23)26-18(2,3)4)14(21)12-24-11-13-9-7-6-8-10-13/h6-10,21H,5,11-12H2,1-4H3/b15-14-,20-19?. The molecule has 1 N–H and O–H groups in total. The summed E-state index contributed by atoms with van der Waals surface area (Å²) < 4.78 is 15.1. The smallest absolute Gasteiger partial charge is 0.452 e. The molecule has 0 bridgehead atoms. The van der Waals surface area contributed by atoms with E-state index in [0.29, 0.717) is 0 Å². The van der Waals surface area contributed by atoms with Gasteiger partial charge in [0.1, 0.15) is 12.2 Å². The molecule has 0 heterocycles. The van der Waals surface area contributed by atoms with E-state index in [4.69, 9.17) is 14.2 Å². The Morgan fingerprint density at radius 3 is 2.35 bits per heavy atom. The highest BCUT2D eigenvalue weighted by atomic mass is 16.6. The fraction of sp³-hybridized carbons (Fsp3) is 0.444. The summed E-state index contributed by atoms with van der Waals surface area (Å²) in [5, 5.41) is 16.8. The van der Waals surface area contributed by atoms with Crippen LogP contribution in [0.3, 0.4) is 0 Å². The Morgan fingerprint density at radius 2 is 1.77 bits per heavy atom. The zero-order valence-electron chi connectivity index (χ0n) is 15.4. The molecule has 0 saturated carbocycles. The number of hydrogen-bond donors (Lipinski definition) is 1. The number of aliphatic hydroxyl groups is 1. The number of ether oxygens (including phenoxy) is 3. The molecule has 0 aliphatic carbocycles. The molecule has 8 nitrogen and oxygen atoms in total. The quantitative estimate of drug-likeness (QED) is 0.340. The number of carbonyl (C=O) groups excluding carboxylic acids is 2. The van der Waals surface area contributed by atoms with Crippen LogP contribution in [0, 0.1) is 0 Å². The summed E-state index contributed by atoms with van der Waals surface area (Å²) in [5.41, 5.74) is -0.371. The van der Waals surface area contributed by atoms with Gasteiger partial charge in [-0.05, 0) is 33.3 Å². The number of benzene rings is 1. The lowest BCUT2D eigenvalue weighted by Crippen LogP contribution is -2.21. The van der Waals surface area contributed by atoms with Gasteiger partial charge >= 0.3 is 12.1 Å². The molecule has 0 aliphatic heterocycles. The van der Waals surface area contributed by atoms with E-state index < -0.39 is 29.1 Å². The number of aliphatic hydroxyl groups excluding tert-OH is 1. The molecule has 0 saturated heterocycles. The zero-order valence-corrected chi connectivity index (χ0v) is 15.4. The van der Waals surface area contributed by atoms with E-state index >= 15 is 0 Å². The van der Waals surface area contributed by atoms with Crippen LogP contribution in [0.4, 0.5) is 4.79 Å². The Hall–Kier alpha value is -2.74. The normalized spacial score (nSPS) is 12.6. The molecule has 1 amide bonds. The van der Waals surface area contributed by atoms with Gasteiger partial charge in [0, 0.05) is 0 Å². The highest BCUT2D eigenvalue weighted by molar-refractivity contribution is 5.88. The predicted molar refractivity (Wildman–Crippen MR) is 93.5 cm³/mol. The van der Waals surface area contributed by atoms with Gasteiger partial charge in [0.25, 0.3) is 0 Å². The van der Waals surface area contributed by atoms with Crippen LogP contribution in [0.15, 0.2) is 52.0 Å². The molecule has 1 aromatic rings. The van der Waals surface area contributed by atoms with E-state index in [9.17, 15) is 14.7 Å². The van der Waals surface area contributed by atoms with E-state index in [-0.39, 0.29) is 19.8 Å². The third kappa shape index (κ3) is 8.39. The van der Waals surface area contributed by atoms with Crippen molar-refractivity contribution >= 4 is 12.1 Å². The number of amides is 1. The van der Waals surface area contributed by atoms with Crippen LogP contribution in [0.2, 0.25) is 0 Å². The maximum absolute atomic E-state index is 11.9. The predicted octanol–water partition coefficient (Wildman–Crippen LogP) is 3.92. The Labute approximate surface area is 152 Å². The lowest BCUT2D eigenvalue weighted by Gasteiger charge is -2.16. The monoisotopic (exact) mass is 364 g/mol. The Balaban J connectivity index is 2.80. The Bertz CT molecular complexity index is 662. The number of esters is 1. The number of rotatable bonds is 7. The first-order chi connectivity index (χ1) is 12.2. The van der Waals surface area contributed by atoms with Crippen molar-refractivity contribution < 1.29 is 28.9 Å². The molecule has 26 heavy (non-hydrogen) atoms. The molecule has 8 heteroatoms. The van der Waals surface area contributed by atoms with Crippen molar-refractivity contribution in [3.05, 3.63) is 47.4 Å². The van der Waals surface area contributed by atoms with Crippen molar-refractivity contribution in [2.45, 2.75) is 39.9 Å². The van der Waals surface area contributed by atoms with E-state index in [2.05, 4.69) is 10.2 Å². The second-order valence-corrected chi connectivity index (χ2v) is 6.17. The molecule has 0 aliphatic rings. The second-order valence-electron chi connectivity index (χ2n) is 6.17. The van der Waals surface area contributed by atoms with Crippen LogP contribution in [-0.2, 0) is 25.6 Å². The molecular weight excluding hydrogens is 340 g/mol. The highest BCUT2D eigenvalue weighted by Crippen LogP contribution is 2.12. The largest absolute Gasteiger partial charge is 0.507 e. The Morgan fingerprint density at radius 1 is 1.12 bits per heavy atom. The van der Waals surface area contributed by atoms with Crippen LogP contribution < -0.4 is 0 Å². The van der Waals surface area contributed by atoms with Gasteiger partial charge in [-0.1, -0.05) is 35.4 Å². The maximum Gasteiger partial charge on any atom is 0.452 e. The van der Waals surface area contributed by atoms with Crippen LogP contribution in [0.25, 0.3) is 0 Å². The van der Waals surface area contributed by atoms with Gasteiger partial charge in [-0.2, -0.15) is 0 Å². The third-order valence-corrected chi connectivity index (χ3v) is 2.72. The first kappa shape index (κ1) is 21.3. The first-order valence-corrected chi connectivity index (χ1v) is 8.08. The summed E-state index contributed by atoms with van der Waals surface area (Å²) in [6, 6.07) is 9.29. The van der Waals surface area contributed by atoms with Crippen LogP contribution in [-0.4, -0.2) is 36.0 Å². The molecule has 0 aromatic heterocycles. The van der Waals surface area contributed by atoms with Crippen molar-refractivity contribution in [2.75, 3.05) is 13.2 Å².